The summed E-state index contributed by atoms with van der Waals surface area (Å²) in [5.41, 5.74) is 3.79. The lowest BCUT2D eigenvalue weighted by molar-refractivity contribution is 0.838. The van der Waals surface area contributed by atoms with E-state index in [-0.39, 0.29) is 0 Å². The van der Waals surface area contributed by atoms with Crippen molar-refractivity contribution in [2.75, 3.05) is 18.0 Å². The summed E-state index contributed by atoms with van der Waals surface area (Å²) in [7, 11) is 0. The van der Waals surface area contributed by atoms with Crippen molar-refractivity contribution in [1.29, 1.82) is 5.26 Å². The predicted molar refractivity (Wildman–Crippen MR) is 68.5 cm³/mol. The molecule has 1 rings (SSSR count). The zero-order chi connectivity index (χ0) is 11.8. The lowest BCUT2D eigenvalue weighted by Gasteiger charge is -2.23. The third kappa shape index (κ3) is 3.96. The minimum absolute atomic E-state index is 0.518. The number of nitriles is 1. The van der Waals surface area contributed by atoms with Gasteiger partial charge in [-0.05, 0) is 24.6 Å². The minimum atomic E-state index is 0.518. The van der Waals surface area contributed by atoms with Gasteiger partial charge < -0.3 is 4.90 Å². The van der Waals surface area contributed by atoms with Gasteiger partial charge in [-0.3, -0.25) is 0 Å². The summed E-state index contributed by atoms with van der Waals surface area (Å²) in [5.74, 6) is 0. The first kappa shape index (κ1) is 12.6. The molecule has 0 heterocycles. The fourth-order valence-corrected chi connectivity index (χ4v) is 1.53. The number of para-hydroxylation sites is 1. The van der Waals surface area contributed by atoms with Gasteiger partial charge in [0.15, 0.2) is 0 Å². The van der Waals surface area contributed by atoms with Crippen LogP contribution in [0, 0.1) is 11.3 Å². The number of nitrogens with zero attached hydrogens (tertiary/aromatic N) is 2. The molecule has 3 heteroatoms. The van der Waals surface area contributed by atoms with Gasteiger partial charge in [-0.2, -0.15) is 5.26 Å². The molecule has 0 bridgehead atoms. The maximum absolute atomic E-state index is 8.64. The number of rotatable bonds is 5. The van der Waals surface area contributed by atoms with E-state index in [1.807, 2.05) is 37.3 Å². The number of benzene rings is 1. The first-order valence-corrected chi connectivity index (χ1v) is 5.64. The van der Waals surface area contributed by atoms with Gasteiger partial charge in [0.2, 0.25) is 0 Å². The third-order valence-electron chi connectivity index (χ3n) is 2.24. The first-order valence-electron chi connectivity index (χ1n) is 5.20. The van der Waals surface area contributed by atoms with Crippen molar-refractivity contribution in [1.82, 2.24) is 0 Å². The molecule has 0 aromatic heterocycles. The van der Waals surface area contributed by atoms with E-state index in [1.165, 1.54) is 0 Å². The average Bonchev–Trinajstić information content (AvgIpc) is 2.35. The molecule has 0 atom stereocenters. The molecule has 0 spiro atoms. The Kier molecular flexibility index (Phi) is 5.45. The van der Waals surface area contributed by atoms with E-state index in [1.54, 1.807) is 5.54 Å². The molecule has 0 N–H and O–H groups in total. The number of anilines is 1. The molecular formula is C13H15ClN2. The topological polar surface area (TPSA) is 27.0 Å². The Labute approximate surface area is 102 Å². The van der Waals surface area contributed by atoms with E-state index in [0.29, 0.717) is 6.42 Å². The molecule has 84 valence electrons. The largest absolute Gasteiger partial charge is 0.366 e. The summed E-state index contributed by atoms with van der Waals surface area (Å²) in [5, 5.41) is 8.64. The second-order valence-electron chi connectivity index (χ2n) is 3.62. The Bertz CT molecular complexity index is 379. The molecule has 0 fully saturated rings. The van der Waals surface area contributed by atoms with Crippen LogP contribution in [0.4, 0.5) is 5.69 Å². The van der Waals surface area contributed by atoms with Gasteiger partial charge in [-0.25, -0.2) is 0 Å². The highest BCUT2D eigenvalue weighted by molar-refractivity contribution is 6.25. The Morgan fingerprint density at radius 1 is 1.44 bits per heavy atom. The SMILES string of the molecule is C/C(=C/Cl)CN(CCC#N)c1ccccc1. The molecule has 1 aromatic rings. The molecule has 0 radical (unpaired) electrons. The molecule has 0 saturated heterocycles. The van der Waals surface area contributed by atoms with Crippen molar-refractivity contribution in [2.45, 2.75) is 13.3 Å². The van der Waals surface area contributed by atoms with Crippen LogP contribution in [0.5, 0.6) is 0 Å². The van der Waals surface area contributed by atoms with Gasteiger partial charge in [0.25, 0.3) is 0 Å². The highest BCUT2D eigenvalue weighted by atomic mass is 35.5. The maximum Gasteiger partial charge on any atom is 0.0640 e. The van der Waals surface area contributed by atoms with Crippen LogP contribution in [0.3, 0.4) is 0 Å². The second-order valence-corrected chi connectivity index (χ2v) is 3.84. The van der Waals surface area contributed by atoms with Crippen LogP contribution in [-0.4, -0.2) is 13.1 Å². The van der Waals surface area contributed by atoms with Crippen molar-refractivity contribution < 1.29 is 0 Å². The summed E-state index contributed by atoms with van der Waals surface area (Å²) in [6, 6.07) is 12.2. The summed E-state index contributed by atoms with van der Waals surface area (Å²) < 4.78 is 0. The predicted octanol–water partition coefficient (Wildman–Crippen LogP) is 3.55. The standard InChI is InChI=1S/C13H15ClN2/c1-12(10-14)11-16(9-5-8-15)13-6-3-2-4-7-13/h2-4,6-7,10H,5,9,11H2,1H3/b12-10-. The summed E-state index contributed by atoms with van der Waals surface area (Å²) in [4.78, 5) is 2.15. The zero-order valence-corrected chi connectivity index (χ0v) is 10.1. The van der Waals surface area contributed by atoms with Crippen LogP contribution in [0.25, 0.3) is 0 Å². The van der Waals surface area contributed by atoms with Gasteiger partial charge in [-0.15, -0.1) is 0 Å². The maximum atomic E-state index is 8.64. The molecule has 2 nitrogen and oxygen atoms in total. The van der Waals surface area contributed by atoms with Crippen LogP contribution < -0.4 is 4.90 Å². The van der Waals surface area contributed by atoms with Crippen LogP contribution in [0.1, 0.15) is 13.3 Å². The van der Waals surface area contributed by atoms with Crippen LogP contribution >= 0.6 is 11.6 Å². The normalized spacial score (nSPS) is 10.9. The van der Waals surface area contributed by atoms with Gasteiger partial charge in [0.05, 0.1) is 12.5 Å². The van der Waals surface area contributed by atoms with E-state index >= 15 is 0 Å². The smallest absolute Gasteiger partial charge is 0.0640 e. The van der Waals surface area contributed by atoms with E-state index in [9.17, 15) is 0 Å². The van der Waals surface area contributed by atoms with Gasteiger partial charge in [0, 0.05) is 24.3 Å². The number of halogens is 1. The van der Waals surface area contributed by atoms with Crippen LogP contribution in [0.2, 0.25) is 0 Å². The van der Waals surface area contributed by atoms with Crippen LogP contribution in [-0.2, 0) is 0 Å². The Morgan fingerprint density at radius 3 is 2.69 bits per heavy atom. The molecule has 0 aliphatic rings. The van der Waals surface area contributed by atoms with Crippen molar-refractivity contribution in [3.63, 3.8) is 0 Å². The third-order valence-corrected chi connectivity index (χ3v) is 2.61. The lowest BCUT2D eigenvalue weighted by Crippen LogP contribution is -2.25. The summed E-state index contributed by atoms with van der Waals surface area (Å²) in [6.07, 6.45) is 0.518. The Hall–Kier alpha value is -1.46. The number of hydrogen-bond acceptors (Lipinski definition) is 2. The summed E-state index contributed by atoms with van der Waals surface area (Å²) in [6.45, 7) is 3.47. The molecule has 0 aliphatic heterocycles. The van der Waals surface area contributed by atoms with E-state index in [2.05, 4.69) is 11.0 Å². The van der Waals surface area contributed by atoms with Crippen molar-refractivity contribution >= 4 is 17.3 Å². The fourth-order valence-electron chi connectivity index (χ4n) is 1.46. The molecule has 0 aliphatic carbocycles. The number of hydrogen-bond donors (Lipinski definition) is 0. The Balaban J connectivity index is 2.76. The van der Waals surface area contributed by atoms with Gasteiger partial charge in [-0.1, -0.05) is 29.8 Å². The van der Waals surface area contributed by atoms with Gasteiger partial charge in [0.1, 0.15) is 0 Å². The lowest BCUT2D eigenvalue weighted by atomic mass is 10.2. The zero-order valence-electron chi connectivity index (χ0n) is 9.36. The minimum Gasteiger partial charge on any atom is -0.366 e. The summed E-state index contributed by atoms with van der Waals surface area (Å²) >= 11 is 5.66. The highest BCUT2D eigenvalue weighted by Crippen LogP contribution is 2.15. The fraction of sp³-hybridized carbons (Fsp3) is 0.308. The molecule has 1 aromatic carbocycles. The molecule has 0 unspecified atom stereocenters. The second kappa shape index (κ2) is 6.92. The quantitative estimate of drug-likeness (QED) is 0.779. The molecule has 16 heavy (non-hydrogen) atoms. The van der Waals surface area contributed by atoms with Gasteiger partial charge >= 0.3 is 0 Å². The monoisotopic (exact) mass is 234 g/mol. The van der Waals surface area contributed by atoms with Crippen molar-refractivity contribution in [3.05, 3.63) is 41.4 Å². The molecular weight excluding hydrogens is 220 g/mol. The van der Waals surface area contributed by atoms with Crippen molar-refractivity contribution in [3.8, 4) is 6.07 Å². The van der Waals surface area contributed by atoms with Crippen LogP contribution in [0.15, 0.2) is 41.4 Å². The first-order chi connectivity index (χ1) is 7.77. The highest BCUT2D eigenvalue weighted by Gasteiger charge is 2.05. The molecule has 0 saturated carbocycles. The van der Waals surface area contributed by atoms with E-state index in [0.717, 1.165) is 24.4 Å². The molecule has 0 amide bonds. The average molecular weight is 235 g/mol. The van der Waals surface area contributed by atoms with E-state index < -0.39 is 0 Å². The van der Waals surface area contributed by atoms with E-state index in [4.69, 9.17) is 16.9 Å². The van der Waals surface area contributed by atoms with Crippen molar-refractivity contribution in [2.24, 2.45) is 0 Å². The Morgan fingerprint density at radius 2 is 2.12 bits per heavy atom.